The van der Waals surface area contributed by atoms with Crippen molar-refractivity contribution in [2.75, 3.05) is 11.4 Å². The number of nitrogens with one attached hydrogen (secondary N) is 1. The van der Waals surface area contributed by atoms with Crippen LogP contribution in [0.25, 0.3) is 0 Å². The Morgan fingerprint density at radius 1 is 1.15 bits per heavy atom. The molecule has 1 unspecified atom stereocenters. The maximum atomic E-state index is 12.6. The summed E-state index contributed by atoms with van der Waals surface area (Å²) in [5.41, 5.74) is 1.33. The minimum absolute atomic E-state index is 0.00176. The van der Waals surface area contributed by atoms with Gasteiger partial charge in [0.15, 0.2) is 0 Å². The monoisotopic (exact) mass is 274 g/mol. The standard InChI is InChI=1S/C16H22N2O2/c1-3-5-8-11-18-14-10-7-6-9-12(14)15(19)17-13(4-2)16(18)20/h6-7,9-10,13H,3-5,8,11H2,1-2H3,(H,17,19). The van der Waals surface area contributed by atoms with E-state index in [2.05, 4.69) is 12.2 Å². The third-order valence-corrected chi connectivity index (χ3v) is 3.70. The number of hydrogen-bond acceptors (Lipinski definition) is 2. The number of hydrogen-bond donors (Lipinski definition) is 1. The van der Waals surface area contributed by atoms with E-state index in [9.17, 15) is 9.59 Å². The second-order valence-corrected chi connectivity index (χ2v) is 5.15. The summed E-state index contributed by atoms with van der Waals surface area (Å²) < 4.78 is 0. The van der Waals surface area contributed by atoms with E-state index < -0.39 is 6.04 Å². The van der Waals surface area contributed by atoms with Crippen molar-refractivity contribution in [3.8, 4) is 0 Å². The van der Waals surface area contributed by atoms with Crippen LogP contribution in [-0.4, -0.2) is 24.4 Å². The fourth-order valence-corrected chi connectivity index (χ4v) is 2.53. The van der Waals surface area contributed by atoms with Crippen LogP contribution >= 0.6 is 0 Å². The minimum Gasteiger partial charge on any atom is -0.340 e. The van der Waals surface area contributed by atoms with Crippen LogP contribution in [0.5, 0.6) is 0 Å². The summed E-state index contributed by atoms with van der Waals surface area (Å²) in [7, 11) is 0. The summed E-state index contributed by atoms with van der Waals surface area (Å²) in [6.45, 7) is 4.73. The molecule has 2 rings (SSSR count). The molecule has 0 spiro atoms. The number of anilines is 1. The highest BCUT2D eigenvalue weighted by molar-refractivity contribution is 6.10. The van der Waals surface area contributed by atoms with Gasteiger partial charge in [-0.1, -0.05) is 38.8 Å². The van der Waals surface area contributed by atoms with Crippen LogP contribution in [-0.2, 0) is 4.79 Å². The lowest BCUT2D eigenvalue weighted by Crippen LogP contribution is -2.45. The summed E-state index contributed by atoms with van der Waals surface area (Å²) in [6.07, 6.45) is 3.77. The second-order valence-electron chi connectivity index (χ2n) is 5.15. The van der Waals surface area contributed by atoms with Crippen LogP contribution < -0.4 is 10.2 Å². The first-order valence-electron chi connectivity index (χ1n) is 7.40. The molecule has 1 aromatic carbocycles. The summed E-state index contributed by atoms with van der Waals surface area (Å²) in [5, 5.41) is 2.82. The molecule has 108 valence electrons. The average molecular weight is 274 g/mol. The normalized spacial score (nSPS) is 18.5. The van der Waals surface area contributed by atoms with Crippen LogP contribution in [0, 0.1) is 0 Å². The number of rotatable bonds is 5. The van der Waals surface area contributed by atoms with Gasteiger partial charge >= 0.3 is 0 Å². The number of amides is 2. The molecule has 1 N–H and O–H groups in total. The zero-order valence-electron chi connectivity index (χ0n) is 12.2. The zero-order valence-corrected chi connectivity index (χ0v) is 12.2. The topological polar surface area (TPSA) is 49.4 Å². The van der Waals surface area contributed by atoms with Gasteiger partial charge in [-0.25, -0.2) is 0 Å². The highest BCUT2D eigenvalue weighted by Crippen LogP contribution is 2.25. The first-order chi connectivity index (χ1) is 9.69. The number of nitrogens with zero attached hydrogens (tertiary/aromatic N) is 1. The van der Waals surface area contributed by atoms with Crippen molar-refractivity contribution >= 4 is 17.5 Å². The fraction of sp³-hybridized carbons (Fsp3) is 0.500. The summed E-state index contributed by atoms with van der Waals surface area (Å²) in [6, 6.07) is 6.92. The van der Waals surface area contributed by atoms with Crippen molar-refractivity contribution < 1.29 is 9.59 Å². The molecule has 0 saturated heterocycles. The van der Waals surface area contributed by atoms with E-state index in [0.717, 1.165) is 24.9 Å². The number of carbonyl (C=O) groups excluding carboxylic acids is 2. The second kappa shape index (κ2) is 6.55. The van der Waals surface area contributed by atoms with Crippen molar-refractivity contribution in [3.63, 3.8) is 0 Å². The largest absolute Gasteiger partial charge is 0.340 e. The van der Waals surface area contributed by atoms with Crippen molar-refractivity contribution in [2.24, 2.45) is 0 Å². The molecule has 0 aliphatic carbocycles. The number of fused-ring (bicyclic) bond motifs is 1. The Morgan fingerprint density at radius 3 is 2.60 bits per heavy atom. The minimum atomic E-state index is -0.420. The predicted octanol–water partition coefficient (Wildman–Crippen LogP) is 2.73. The molecule has 20 heavy (non-hydrogen) atoms. The highest BCUT2D eigenvalue weighted by Gasteiger charge is 2.31. The van der Waals surface area contributed by atoms with Crippen LogP contribution in [0.2, 0.25) is 0 Å². The molecule has 1 atom stereocenters. The van der Waals surface area contributed by atoms with E-state index in [-0.39, 0.29) is 11.8 Å². The van der Waals surface area contributed by atoms with Gasteiger partial charge in [-0.15, -0.1) is 0 Å². The van der Waals surface area contributed by atoms with Crippen LogP contribution in [0.15, 0.2) is 24.3 Å². The maximum Gasteiger partial charge on any atom is 0.254 e. The molecule has 0 aromatic heterocycles. The van der Waals surface area contributed by atoms with E-state index >= 15 is 0 Å². The van der Waals surface area contributed by atoms with E-state index in [1.165, 1.54) is 0 Å². The third kappa shape index (κ3) is 2.84. The van der Waals surface area contributed by atoms with Crippen LogP contribution in [0.1, 0.15) is 49.9 Å². The first-order valence-corrected chi connectivity index (χ1v) is 7.40. The van der Waals surface area contributed by atoms with Gasteiger partial charge in [-0.05, 0) is 25.0 Å². The van der Waals surface area contributed by atoms with Crippen molar-refractivity contribution in [1.29, 1.82) is 0 Å². The summed E-state index contributed by atoms with van der Waals surface area (Å²) >= 11 is 0. The molecule has 0 fully saturated rings. The zero-order chi connectivity index (χ0) is 14.5. The molecule has 2 amide bonds. The molecule has 4 nitrogen and oxygen atoms in total. The molecular weight excluding hydrogens is 252 g/mol. The molecule has 4 heteroatoms. The fourth-order valence-electron chi connectivity index (χ4n) is 2.53. The Kier molecular flexibility index (Phi) is 4.77. The lowest BCUT2D eigenvalue weighted by molar-refractivity contribution is -0.120. The molecule has 0 saturated carbocycles. The maximum absolute atomic E-state index is 12.6. The van der Waals surface area contributed by atoms with E-state index in [1.807, 2.05) is 25.1 Å². The van der Waals surface area contributed by atoms with Crippen LogP contribution in [0.3, 0.4) is 0 Å². The average Bonchev–Trinajstić information content (AvgIpc) is 2.57. The van der Waals surface area contributed by atoms with E-state index in [0.29, 0.717) is 18.5 Å². The number of para-hydroxylation sites is 1. The molecule has 1 aliphatic rings. The summed E-state index contributed by atoms with van der Waals surface area (Å²) in [5.74, 6) is -0.152. The Balaban J connectivity index is 2.35. The highest BCUT2D eigenvalue weighted by atomic mass is 16.2. The van der Waals surface area contributed by atoms with E-state index in [4.69, 9.17) is 0 Å². The number of unbranched alkanes of at least 4 members (excludes halogenated alkanes) is 2. The van der Waals surface area contributed by atoms with Gasteiger partial charge in [-0.2, -0.15) is 0 Å². The van der Waals surface area contributed by atoms with Gasteiger partial charge in [-0.3, -0.25) is 9.59 Å². The Labute approximate surface area is 120 Å². The number of benzene rings is 1. The molecule has 0 radical (unpaired) electrons. The first kappa shape index (κ1) is 14.6. The smallest absolute Gasteiger partial charge is 0.254 e. The summed E-state index contributed by atoms with van der Waals surface area (Å²) in [4.78, 5) is 26.6. The number of carbonyl (C=O) groups is 2. The molecule has 1 aromatic rings. The third-order valence-electron chi connectivity index (χ3n) is 3.70. The SMILES string of the molecule is CCCCCN1C(=O)C(CC)NC(=O)c2ccccc21. The van der Waals surface area contributed by atoms with E-state index in [1.54, 1.807) is 11.0 Å². The van der Waals surface area contributed by atoms with Crippen molar-refractivity contribution in [2.45, 2.75) is 45.6 Å². The molecule has 1 heterocycles. The van der Waals surface area contributed by atoms with Gasteiger partial charge in [0, 0.05) is 6.54 Å². The Hall–Kier alpha value is -1.84. The molecular formula is C16H22N2O2. The Morgan fingerprint density at radius 2 is 1.90 bits per heavy atom. The lowest BCUT2D eigenvalue weighted by atomic mass is 10.1. The van der Waals surface area contributed by atoms with Gasteiger partial charge in [0.2, 0.25) is 5.91 Å². The lowest BCUT2D eigenvalue weighted by Gasteiger charge is -2.24. The molecule has 0 bridgehead atoms. The Bertz CT molecular complexity index is 499. The van der Waals surface area contributed by atoms with Gasteiger partial charge in [0.1, 0.15) is 6.04 Å². The quantitative estimate of drug-likeness (QED) is 0.839. The van der Waals surface area contributed by atoms with Crippen molar-refractivity contribution in [1.82, 2.24) is 5.32 Å². The van der Waals surface area contributed by atoms with Gasteiger partial charge < -0.3 is 10.2 Å². The molecule has 1 aliphatic heterocycles. The van der Waals surface area contributed by atoms with Gasteiger partial charge in [0.05, 0.1) is 11.3 Å². The van der Waals surface area contributed by atoms with Crippen molar-refractivity contribution in [3.05, 3.63) is 29.8 Å². The predicted molar refractivity (Wildman–Crippen MR) is 79.9 cm³/mol. The van der Waals surface area contributed by atoms with Gasteiger partial charge in [0.25, 0.3) is 5.91 Å². The van der Waals surface area contributed by atoms with Crippen LogP contribution in [0.4, 0.5) is 5.69 Å².